The Bertz CT molecular complexity index is 1340. The molecule has 4 amide bonds. The van der Waals surface area contributed by atoms with Gasteiger partial charge < -0.3 is 68.2 Å². The number of carboxylic acid groups (broad SMARTS) is 1. The van der Waals surface area contributed by atoms with Gasteiger partial charge in [-0.25, -0.2) is 4.79 Å². The summed E-state index contributed by atoms with van der Waals surface area (Å²) in [4.78, 5) is 101. The molecular formula is C27H42N9Na2O11P. The van der Waals surface area contributed by atoms with Crippen LogP contribution in [0.15, 0.2) is 35.3 Å². The number of nitrogens with zero attached hydrogens (tertiary/aromatic N) is 1. The molecule has 0 aromatic heterocycles. The summed E-state index contributed by atoms with van der Waals surface area (Å²) in [5, 5.41) is 18.4. The first-order valence-corrected chi connectivity index (χ1v) is 16.2. The van der Waals surface area contributed by atoms with Crippen LogP contribution in [0.25, 0.3) is 0 Å². The van der Waals surface area contributed by atoms with Crippen molar-refractivity contribution in [3.63, 3.8) is 0 Å². The van der Waals surface area contributed by atoms with Crippen LogP contribution in [0.2, 0.25) is 0 Å². The average Bonchev–Trinajstić information content (AvgIpc) is 3.00. The smallest absolute Gasteiger partial charge is 0.780 e. The molecule has 0 saturated carbocycles. The van der Waals surface area contributed by atoms with Crippen LogP contribution in [0.1, 0.15) is 44.1 Å². The Morgan fingerprint density at radius 1 is 0.860 bits per heavy atom. The van der Waals surface area contributed by atoms with Gasteiger partial charge in [0.1, 0.15) is 25.9 Å². The van der Waals surface area contributed by atoms with Crippen molar-refractivity contribution in [1.29, 1.82) is 0 Å². The molecule has 0 aliphatic carbocycles. The van der Waals surface area contributed by atoms with Gasteiger partial charge in [-0.05, 0) is 44.2 Å². The first kappa shape index (κ1) is 49.5. The summed E-state index contributed by atoms with van der Waals surface area (Å²) in [6, 6.07) is 2.29. The molecule has 0 aliphatic heterocycles. The Morgan fingerprint density at radius 2 is 1.46 bits per heavy atom. The number of benzene rings is 1. The molecule has 50 heavy (non-hydrogen) atoms. The number of nitrogens with two attached hydrogens (primary N) is 4. The van der Waals surface area contributed by atoms with Gasteiger partial charge in [-0.2, -0.15) is 0 Å². The van der Waals surface area contributed by atoms with E-state index >= 15 is 0 Å². The molecule has 0 fully saturated rings. The summed E-state index contributed by atoms with van der Waals surface area (Å²) in [5.41, 5.74) is 22.2. The molecule has 23 heteroatoms. The van der Waals surface area contributed by atoms with Gasteiger partial charge in [0.15, 0.2) is 5.96 Å². The van der Waals surface area contributed by atoms with Crippen LogP contribution in [0.3, 0.4) is 0 Å². The minimum Gasteiger partial charge on any atom is -0.780 e. The molecule has 4 atom stereocenters. The second-order valence-corrected chi connectivity index (χ2v) is 11.5. The normalized spacial score (nSPS) is 13.0. The van der Waals surface area contributed by atoms with Crippen LogP contribution in [-0.4, -0.2) is 90.4 Å². The third-order valence-corrected chi connectivity index (χ3v) is 6.83. The molecule has 0 unspecified atom stereocenters. The van der Waals surface area contributed by atoms with Gasteiger partial charge in [0.05, 0.1) is 19.0 Å². The SMILES string of the molecule is NCCCC[C@H](NC(=O)[C@@H](Cc1ccccc1)NC(=O)[C@H](CC(=O)O)NC(=O)CNC(=O)[C@@H](N)CCCN=C(N)N)C(=O)OP(=O)([O-])[O-].[Na+].[Na+]. The van der Waals surface area contributed by atoms with Crippen molar-refractivity contribution in [1.82, 2.24) is 21.3 Å². The van der Waals surface area contributed by atoms with Crippen molar-refractivity contribution in [3.05, 3.63) is 35.9 Å². The summed E-state index contributed by atoms with van der Waals surface area (Å²) >= 11 is 0. The number of hydrogen-bond donors (Lipinski definition) is 9. The van der Waals surface area contributed by atoms with Crippen molar-refractivity contribution in [2.75, 3.05) is 19.6 Å². The van der Waals surface area contributed by atoms with Gasteiger partial charge in [0, 0.05) is 13.0 Å². The molecule has 0 heterocycles. The van der Waals surface area contributed by atoms with Crippen molar-refractivity contribution in [3.8, 4) is 0 Å². The fourth-order valence-electron chi connectivity index (χ4n) is 4.10. The Kier molecular flexibility index (Phi) is 25.9. The number of carbonyl (C=O) groups excluding carboxylic acids is 5. The van der Waals surface area contributed by atoms with Gasteiger partial charge >= 0.3 is 71.1 Å². The third-order valence-electron chi connectivity index (χ3n) is 6.42. The number of phosphoric acid groups is 1. The second-order valence-electron chi connectivity index (χ2n) is 10.4. The molecule has 0 spiro atoms. The van der Waals surface area contributed by atoms with E-state index in [1.54, 1.807) is 30.3 Å². The minimum atomic E-state index is -5.76. The predicted octanol–water partition coefficient (Wildman–Crippen LogP) is -10.8. The van der Waals surface area contributed by atoms with E-state index in [0.717, 1.165) is 0 Å². The number of guanidine groups is 1. The van der Waals surface area contributed by atoms with Crippen LogP contribution in [0, 0.1) is 0 Å². The first-order chi connectivity index (χ1) is 22.5. The molecule has 13 N–H and O–H groups in total. The zero-order valence-corrected chi connectivity index (χ0v) is 32.9. The molecule has 0 aliphatic rings. The molecule has 1 rings (SSSR count). The quantitative estimate of drug-likeness (QED) is 0.0175. The van der Waals surface area contributed by atoms with Crippen molar-refractivity contribution in [2.24, 2.45) is 27.9 Å². The Labute approximate surface area is 332 Å². The van der Waals surface area contributed by atoms with Crippen molar-refractivity contribution in [2.45, 2.75) is 69.1 Å². The minimum absolute atomic E-state index is 0. The summed E-state index contributed by atoms with van der Waals surface area (Å²) in [6.45, 7) is -0.244. The van der Waals surface area contributed by atoms with E-state index < -0.39 is 80.5 Å². The number of amides is 4. The number of phosphoric ester groups is 1. The van der Waals surface area contributed by atoms with E-state index in [4.69, 9.17) is 22.9 Å². The predicted molar refractivity (Wildman–Crippen MR) is 166 cm³/mol. The summed E-state index contributed by atoms with van der Waals surface area (Å²) in [7, 11) is -5.76. The van der Waals surface area contributed by atoms with Gasteiger partial charge in [-0.3, -0.25) is 29.0 Å². The zero-order chi connectivity index (χ0) is 36.3. The largest absolute Gasteiger partial charge is 1.00 e. The molecule has 1 aromatic rings. The molecular weight excluding hydrogens is 703 g/mol. The average molecular weight is 746 g/mol. The standard InChI is InChI=1S/C27H44N9O11P.2Na/c28-11-5-4-10-18(26(43)47-48(44,45)46)35-24(41)19(13-16-7-2-1-3-8-16)36-25(42)20(14-22(38)39)34-21(37)15-33-23(40)17(29)9-6-12-32-27(30)31;;/h1-3,7-8,17-20H,4-6,9-15,28-29H2,(H,33,40)(H,34,37)(H,35,41)(H,36,42)(H,38,39)(H4,30,31,32)(H2,44,45,46);;/q;2*+1/p-2/t17-,18-,19+,20-;;/m0../s1. The second kappa shape index (κ2) is 26.2. The number of unbranched alkanes of at least 4 members (excludes halogenated alkanes) is 1. The van der Waals surface area contributed by atoms with E-state index in [-0.39, 0.29) is 104 Å². The van der Waals surface area contributed by atoms with Crippen molar-refractivity contribution < 1.29 is 112 Å². The number of rotatable bonds is 22. The first-order valence-electron chi connectivity index (χ1n) is 14.7. The number of aliphatic imine (C=N–C) groups is 1. The maximum absolute atomic E-state index is 13.4. The summed E-state index contributed by atoms with van der Waals surface area (Å²) < 4.78 is 15.0. The van der Waals surface area contributed by atoms with Crippen LogP contribution < -0.4 is 113 Å². The molecule has 0 bridgehead atoms. The molecule has 0 radical (unpaired) electrons. The van der Waals surface area contributed by atoms with Crippen LogP contribution >= 0.6 is 7.82 Å². The van der Waals surface area contributed by atoms with E-state index in [1.807, 2.05) is 0 Å². The van der Waals surface area contributed by atoms with Gasteiger partial charge in [-0.15, -0.1) is 0 Å². The third kappa shape index (κ3) is 22.3. The Morgan fingerprint density at radius 3 is 2.02 bits per heavy atom. The summed E-state index contributed by atoms with van der Waals surface area (Å²) in [5.74, 6) is -6.97. The van der Waals surface area contributed by atoms with E-state index in [0.29, 0.717) is 18.4 Å². The van der Waals surface area contributed by atoms with E-state index in [2.05, 4.69) is 30.8 Å². The number of aliphatic carboxylic acids is 1. The number of hydrogen-bond acceptors (Lipinski definition) is 13. The molecule has 268 valence electrons. The molecule has 0 saturated heterocycles. The van der Waals surface area contributed by atoms with Gasteiger partial charge in [0.2, 0.25) is 23.6 Å². The fourth-order valence-corrected chi connectivity index (χ4v) is 4.45. The molecule has 1 aromatic carbocycles. The number of carboxylic acids is 1. The van der Waals surface area contributed by atoms with Crippen LogP contribution in [-0.2, 0) is 44.3 Å². The number of nitrogens with one attached hydrogen (secondary N) is 4. The van der Waals surface area contributed by atoms with Crippen molar-refractivity contribution >= 4 is 49.3 Å². The van der Waals surface area contributed by atoms with E-state index in [1.165, 1.54) is 0 Å². The van der Waals surface area contributed by atoms with E-state index in [9.17, 15) is 48.2 Å². The fraction of sp³-hybridized carbons (Fsp3) is 0.519. The van der Waals surface area contributed by atoms with Gasteiger partial charge in [0.25, 0.3) is 0 Å². The number of carbonyl (C=O) groups is 6. The topological polar surface area (TPSA) is 360 Å². The maximum atomic E-state index is 13.4. The van der Waals surface area contributed by atoms with Gasteiger partial charge in [-0.1, -0.05) is 30.3 Å². The monoisotopic (exact) mass is 745 g/mol. The zero-order valence-electron chi connectivity index (χ0n) is 28.0. The Hall–Kier alpha value is -2.62. The van der Waals surface area contributed by atoms with Crippen LogP contribution in [0.4, 0.5) is 0 Å². The summed E-state index contributed by atoms with van der Waals surface area (Å²) in [6.07, 6.45) is -0.153. The maximum Gasteiger partial charge on any atom is 1.00 e. The Balaban J connectivity index is 0. The van der Waals surface area contributed by atoms with Crippen LogP contribution in [0.5, 0.6) is 0 Å². The molecule has 20 nitrogen and oxygen atoms in total.